The van der Waals surface area contributed by atoms with Gasteiger partial charge in [0.05, 0.1) is 0 Å². The Hall–Kier alpha value is -0.930. The first-order chi connectivity index (χ1) is 8.36. The number of allylic oxidation sites excluding steroid dienone is 6. The average Bonchev–Trinajstić information content (AvgIpc) is 2.35. The summed E-state index contributed by atoms with van der Waals surface area (Å²) in [6, 6.07) is 6.01. The molecule has 17 heavy (non-hydrogen) atoms. The van der Waals surface area contributed by atoms with Crippen molar-refractivity contribution in [1.82, 2.24) is 4.98 Å². The third-order valence-corrected chi connectivity index (χ3v) is 5.02. The Kier molecular flexibility index (Phi) is 4.95. The fourth-order valence-electron chi connectivity index (χ4n) is 1.45. The predicted octanol–water partition coefficient (Wildman–Crippen LogP) is 4.86. The maximum Gasteiger partial charge on any atom is 0.107 e. The molecule has 0 amide bonds. The number of hydrogen-bond acceptors (Lipinski definition) is 3. The minimum Gasteiger partial charge on any atom is -0.249 e. The van der Waals surface area contributed by atoms with Crippen molar-refractivity contribution >= 4 is 21.6 Å². The molecule has 1 aliphatic carbocycles. The van der Waals surface area contributed by atoms with Gasteiger partial charge in [0.2, 0.25) is 0 Å². The Morgan fingerprint density at radius 2 is 2.12 bits per heavy atom. The minimum absolute atomic E-state index is 0.581. The normalized spacial score (nSPS) is 19.6. The highest BCUT2D eigenvalue weighted by Crippen LogP contribution is 2.40. The molecule has 0 saturated carbocycles. The van der Waals surface area contributed by atoms with Crippen molar-refractivity contribution < 1.29 is 0 Å². The van der Waals surface area contributed by atoms with E-state index >= 15 is 0 Å². The standard InChI is InChI=1S/C14H15NS2/c1-12-8-4-2-3-5-9-13(12)16-17-14-10-6-7-11-15-14/h2-7,9-12H,8H2,1H3. The number of pyridine rings is 1. The average molecular weight is 261 g/mol. The molecule has 0 bridgehead atoms. The SMILES string of the molecule is CC1CC=CC=CC=C1SSc1ccccn1. The van der Waals surface area contributed by atoms with Crippen molar-refractivity contribution in [3.05, 3.63) is 59.7 Å². The lowest BCUT2D eigenvalue weighted by atomic mass is 10.1. The van der Waals surface area contributed by atoms with Gasteiger partial charge in [0, 0.05) is 6.20 Å². The Bertz CT molecular complexity index is 435. The first-order valence-electron chi connectivity index (χ1n) is 5.65. The molecule has 88 valence electrons. The van der Waals surface area contributed by atoms with Gasteiger partial charge in [0.15, 0.2) is 0 Å². The summed E-state index contributed by atoms with van der Waals surface area (Å²) in [6.45, 7) is 2.27. The van der Waals surface area contributed by atoms with Gasteiger partial charge in [-0.3, -0.25) is 0 Å². The van der Waals surface area contributed by atoms with Crippen LogP contribution in [-0.2, 0) is 0 Å². The van der Waals surface area contributed by atoms with Gasteiger partial charge in [0.1, 0.15) is 5.03 Å². The van der Waals surface area contributed by atoms with E-state index in [0.29, 0.717) is 5.92 Å². The summed E-state index contributed by atoms with van der Waals surface area (Å²) in [5, 5.41) is 1.06. The Morgan fingerprint density at radius 3 is 2.94 bits per heavy atom. The molecule has 1 aliphatic rings. The largest absolute Gasteiger partial charge is 0.249 e. The lowest BCUT2D eigenvalue weighted by Gasteiger charge is -2.13. The van der Waals surface area contributed by atoms with E-state index in [1.54, 1.807) is 10.8 Å². The second kappa shape index (κ2) is 6.72. The molecule has 1 heterocycles. The molecule has 0 aliphatic heterocycles. The van der Waals surface area contributed by atoms with Crippen LogP contribution < -0.4 is 0 Å². The van der Waals surface area contributed by atoms with Crippen molar-refractivity contribution in [2.24, 2.45) is 5.92 Å². The highest BCUT2D eigenvalue weighted by Gasteiger charge is 2.09. The molecule has 0 spiro atoms. The summed E-state index contributed by atoms with van der Waals surface area (Å²) in [5.41, 5.74) is 0. The van der Waals surface area contributed by atoms with E-state index in [2.05, 4.69) is 42.3 Å². The highest BCUT2D eigenvalue weighted by molar-refractivity contribution is 8.78. The number of aromatic nitrogens is 1. The zero-order valence-corrected chi connectivity index (χ0v) is 11.4. The smallest absolute Gasteiger partial charge is 0.107 e. The van der Waals surface area contributed by atoms with E-state index < -0.39 is 0 Å². The molecule has 1 atom stereocenters. The highest BCUT2D eigenvalue weighted by atomic mass is 33.1. The molecule has 0 fully saturated rings. The summed E-state index contributed by atoms with van der Waals surface area (Å²) in [6.07, 6.45) is 13.7. The predicted molar refractivity (Wildman–Crippen MR) is 77.8 cm³/mol. The van der Waals surface area contributed by atoms with Gasteiger partial charge < -0.3 is 0 Å². The molecular formula is C14H15NS2. The first-order valence-corrected chi connectivity index (χ1v) is 7.80. The van der Waals surface area contributed by atoms with E-state index in [1.807, 2.05) is 35.2 Å². The van der Waals surface area contributed by atoms with Crippen molar-refractivity contribution in [3.8, 4) is 0 Å². The monoisotopic (exact) mass is 261 g/mol. The summed E-state index contributed by atoms with van der Waals surface area (Å²) >= 11 is 0. The zero-order chi connectivity index (χ0) is 11.9. The van der Waals surface area contributed by atoms with Crippen LogP contribution in [0.5, 0.6) is 0 Å². The van der Waals surface area contributed by atoms with Gasteiger partial charge >= 0.3 is 0 Å². The van der Waals surface area contributed by atoms with Crippen LogP contribution >= 0.6 is 21.6 Å². The van der Waals surface area contributed by atoms with E-state index in [-0.39, 0.29) is 0 Å². The number of rotatable bonds is 3. The van der Waals surface area contributed by atoms with Gasteiger partial charge in [0.25, 0.3) is 0 Å². The Labute approximate surface area is 111 Å². The van der Waals surface area contributed by atoms with Crippen LogP contribution in [0.2, 0.25) is 0 Å². The van der Waals surface area contributed by atoms with Crippen LogP contribution in [0.25, 0.3) is 0 Å². The third-order valence-electron chi connectivity index (χ3n) is 2.46. The van der Waals surface area contributed by atoms with Crippen molar-refractivity contribution in [2.45, 2.75) is 18.4 Å². The van der Waals surface area contributed by atoms with E-state index in [4.69, 9.17) is 0 Å². The maximum atomic E-state index is 4.31. The second-order valence-electron chi connectivity index (χ2n) is 3.85. The van der Waals surface area contributed by atoms with Crippen molar-refractivity contribution in [2.75, 3.05) is 0 Å². The maximum absolute atomic E-state index is 4.31. The lowest BCUT2D eigenvalue weighted by Crippen LogP contribution is -1.94. The molecule has 0 aromatic carbocycles. The Balaban J connectivity index is 1.98. The molecular weight excluding hydrogens is 246 g/mol. The quantitative estimate of drug-likeness (QED) is 0.721. The fourth-order valence-corrected chi connectivity index (χ4v) is 3.77. The summed E-state index contributed by atoms with van der Waals surface area (Å²) in [7, 11) is 3.54. The van der Waals surface area contributed by atoms with Gasteiger partial charge in [-0.05, 0) is 40.2 Å². The van der Waals surface area contributed by atoms with Gasteiger partial charge in [-0.25, -0.2) is 4.98 Å². The molecule has 3 heteroatoms. The van der Waals surface area contributed by atoms with Crippen molar-refractivity contribution in [3.63, 3.8) is 0 Å². The van der Waals surface area contributed by atoms with Crippen LogP contribution in [0.3, 0.4) is 0 Å². The Morgan fingerprint density at radius 1 is 1.18 bits per heavy atom. The first kappa shape index (κ1) is 12.5. The van der Waals surface area contributed by atoms with E-state index in [9.17, 15) is 0 Å². The van der Waals surface area contributed by atoms with Crippen LogP contribution in [0.4, 0.5) is 0 Å². The minimum atomic E-state index is 0.581. The molecule has 2 rings (SSSR count). The van der Waals surface area contributed by atoms with Gasteiger partial charge in [-0.2, -0.15) is 0 Å². The van der Waals surface area contributed by atoms with Crippen LogP contribution in [0, 0.1) is 5.92 Å². The molecule has 0 saturated heterocycles. The topological polar surface area (TPSA) is 12.9 Å². The fraction of sp³-hybridized carbons (Fsp3) is 0.214. The summed E-state index contributed by atoms with van der Waals surface area (Å²) in [4.78, 5) is 5.72. The molecule has 1 unspecified atom stereocenters. The van der Waals surface area contributed by atoms with Gasteiger partial charge in [-0.15, -0.1) is 0 Å². The zero-order valence-electron chi connectivity index (χ0n) is 9.74. The molecule has 1 aromatic heterocycles. The van der Waals surface area contributed by atoms with Crippen LogP contribution in [0.1, 0.15) is 13.3 Å². The van der Waals surface area contributed by atoms with E-state index in [1.165, 1.54) is 4.91 Å². The molecule has 0 radical (unpaired) electrons. The molecule has 0 N–H and O–H groups in total. The van der Waals surface area contributed by atoms with Gasteiger partial charge in [-0.1, -0.05) is 54.2 Å². The lowest BCUT2D eigenvalue weighted by molar-refractivity contribution is 0.732. The summed E-state index contributed by atoms with van der Waals surface area (Å²) < 4.78 is 0. The third kappa shape index (κ3) is 4.10. The van der Waals surface area contributed by atoms with Crippen molar-refractivity contribution in [1.29, 1.82) is 0 Å². The van der Waals surface area contributed by atoms with Crippen LogP contribution in [0.15, 0.2) is 64.7 Å². The number of hydrogen-bond donors (Lipinski definition) is 0. The number of nitrogens with zero attached hydrogens (tertiary/aromatic N) is 1. The summed E-state index contributed by atoms with van der Waals surface area (Å²) in [5.74, 6) is 0.581. The molecule has 1 aromatic rings. The molecule has 1 nitrogen and oxygen atoms in total. The van der Waals surface area contributed by atoms with Crippen LogP contribution in [-0.4, -0.2) is 4.98 Å². The second-order valence-corrected chi connectivity index (χ2v) is 6.08. The van der Waals surface area contributed by atoms with E-state index in [0.717, 1.165) is 11.4 Å².